The zero-order valence-electron chi connectivity index (χ0n) is 13.9. The van der Waals surface area contributed by atoms with Crippen LogP contribution in [0.5, 0.6) is 5.75 Å². The molecule has 2 heterocycles. The number of fused-ring (bicyclic) bond motifs is 2. The molecule has 132 valence electrons. The summed E-state index contributed by atoms with van der Waals surface area (Å²) in [7, 11) is 0. The van der Waals surface area contributed by atoms with Gasteiger partial charge in [0.15, 0.2) is 6.61 Å². The summed E-state index contributed by atoms with van der Waals surface area (Å²) < 4.78 is 8.15. The number of carbonyl (C=O) groups excluding carboxylic acids is 1. The van der Waals surface area contributed by atoms with Gasteiger partial charge in [-0.25, -0.2) is 4.98 Å². The fourth-order valence-corrected chi connectivity index (χ4v) is 3.46. The Morgan fingerprint density at radius 1 is 1.27 bits per heavy atom. The summed E-state index contributed by atoms with van der Waals surface area (Å²) in [5, 5.41) is 3.28. The molecular formula is C19H16BrN3O3. The topological polar surface area (TPSA) is 73.2 Å². The molecule has 1 aliphatic heterocycles. The largest absolute Gasteiger partial charge is 0.484 e. The summed E-state index contributed by atoms with van der Waals surface area (Å²) in [5.41, 5.74) is 1.30. The van der Waals surface area contributed by atoms with Crippen LogP contribution in [0.1, 0.15) is 12.2 Å². The van der Waals surface area contributed by atoms with E-state index < -0.39 is 0 Å². The molecule has 0 spiro atoms. The van der Waals surface area contributed by atoms with Crippen LogP contribution < -0.4 is 15.6 Å². The normalized spacial score (nSPS) is 12.8. The average molecular weight is 414 g/mol. The van der Waals surface area contributed by atoms with Gasteiger partial charge in [0.1, 0.15) is 11.6 Å². The Hall–Kier alpha value is -2.67. The molecule has 3 aromatic rings. The van der Waals surface area contributed by atoms with Gasteiger partial charge in [0, 0.05) is 23.1 Å². The fraction of sp³-hybridized carbons (Fsp3) is 0.211. The minimum atomic E-state index is -0.271. The highest BCUT2D eigenvalue weighted by molar-refractivity contribution is 9.10. The third-order valence-corrected chi connectivity index (χ3v) is 4.76. The minimum absolute atomic E-state index is 0.0495. The number of carbonyl (C=O) groups is 1. The second-order valence-corrected chi connectivity index (χ2v) is 7.03. The van der Waals surface area contributed by atoms with E-state index in [1.807, 2.05) is 12.1 Å². The average Bonchev–Trinajstić information content (AvgIpc) is 3.09. The lowest BCUT2D eigenvalue weighted by Gasteiger charge is -2.09. The van der Waals surface area contributed by atoms with Crippen molar-refractivity contribution in [2.45, 2.75) is 19.4 Å². The summed E-state index contributed by atoms with van der Waals surface area (Å²) >= 11 is 3.36. The zero-order valence-corrected chi connectivity index (χ0v) is 15.5. The molecule has 6 nitrogen and oxygen atoms in total. The van der Waals surface area contributed by atoms with Crippen LogP contribution >= 0.6 is 15.9 Å². The second kappa shape index (κ2) is 6.92. The maximum absolute atomic E-state index is 12.6. The van der Waals surface area contributed by atoms with Gasteiger partial charge < -0.3 is 10.1 Å². The Kier molecular flexibility index (Phi) is 4.46. The van der Waals surface area contributed by atoms with E-state index in [0.29, 0.717) is 28.9 Å². The molecule has 0 bridgehead atoms. The number of hydrogen-bond acceptors (Lipinski definition) is 4. The van der Waals surface area contributed by atoms with Crippen molar-refractivity contribution < 1.29 is 9.53 Å². The number of amides is 1. The molecule has 0 saturated heterocycles. The molecular weight excluding hydrogens is 398 g/mol. The highest BCUT2D eigenvalue weighted by Crippen LogP contribution is 2.20. The van der Waals surface area contributed by atoms with Gasteiger partial charge in [0.25, 0.3) is 11.5 Å². The van der Waals surface area contributed by atoms with Crippen molar-refractivity contribution in [3.8, 4) is 5.75 Å². The Bertz CT molecular complexity index is 1060. The molecule has 1 amide bonds. The van der Waals surface area contributed by atoms with Crippen LogP contribution in [0.4, 0.5) is 5.69 Å². The number of benzene rings is 2. The summed E-state index contributed by atoms with van der Waals surface area (Å²) in [6.07, 6.45) is 1.77. The van der Waals surface area contributed by atoms with E-state index in [1.54, 1.807) is 34.9 Å². The molecule has 0 aliphatic carbocycles. The molecule has 26 heavy (non-hydrogen) atoms. The maximum Gasteiger partial charge on any atom is 0.262 e. The van der Waals surface area contributed by atoms with Gasteiger partial charge in [-0.05, 0) is 42.8 Å². The molecule has 7 heteroatoms. The first-order chi connectivity index (χ1) is 12.6. The number of aromatic nitrogens is 2. The lowest BCUT2D eigenvalue weighted by Crippen LogP contribution is -2.22. The Balaban J connectivity index is 1.49. The van der Waals surface area contributed by atoms with Crippen molar-refractivity contribution >= 4 is 38.4 Å². The molecule has 1 aliphatic rings. The van der Waals surface area contributed by atoms with Crippen LogP contribution in [0.25, 0.3) is 10.9 Å². The zero-order chi connectivity index (χ0) is 18.1. The second-order valence-electron chi connectivity index (χ2n) is 6.11. The van der Waals surface area contributed by atoms with Gasteiger partial charge in [-0.3, -0.25) is 14.2 Å². The van der Waals surface area contributed by atoms with Crippen LogP contribution in [0, 0.1) is 0 Å². The summed E-state index contributed by atoms with van der Waals surface area (Å²) in [6.45, 7) is 0.564. The van der Waals surface area contributed by atoms with E-state index in [4.69, 9.17) is 4.74 Å². The number of aryl methyl sites for hydroxylation is 1. The molecule has 0 saturated carbocycles. The number of rotatable bonds is 4. The van der Waals surface area contributed by atoms with Crippen molar-refractivity contribution in [3.63, 3.8) is 0 Å². The van der Waals surface area contributed by atoms with Crippen molar-refractivity contribution in [1.29, 1.82) is 0 Å². The van der Waals surface area contributed by atoms with E-state index in [2.05, 4.69) is 26.2 Å². The van der Waals surface area contributed by atoms with Gasteiger partial charge in [-0.2, -0.15) is 0 Å². The van der Waals surface area contributed by atoms with Crippen LogP contribution in [-0.4, -0.2) is 22.1 Å². The monoisotopic (exact) mass is 413 g/mol. The summed E-state index contributed by atoms with van der Waals surface area (Å²) in [6, 6.07) is 12.5. The van der Waals surface area contributed by atoms with E-state index >= 15 is 0 Å². The van der Waals surface area contributed by atoms with Gasteiger partial charge >= 0.3 is 0 Å². The lowest BCUT2D eigenvalue weighted by atomic mass is 10.2. The van der Waals surface area contributed by atoms with Gasteiger partial charge in [-0.1, -0.05) is 22.0 Å². The Morgan fingerprint density at radius 3 is 3.00 bits per heavy atom. The molecule has 0 unspecified atom stereocenters. The Labute approximate surface area is 157 Å². The summed E-state index contributed by atoms with van der Waals surface area (Å²) in [5.74, 6) is 1.04. The molecule has 4 rings (SSSR count). The van der Waals surface area contributed by atoms with Gasteiger partial charge in [-0.15, -0.1) is 0 Å². The van der Waals surface area contributed by atoms with E-state index in [0.717, 1.165) is 23.1 Å². The standard InChI is InChI=1S/C19H16BrN3O3/c20-12-3-1-4-13(9-12)21-18(24)11-26-14-6-7-16-15(10-14)19(25)23-8-2-5-17(23)22-16/h1,3-4,6-7,9-10H,2,5,8,11H2,(H,21,24). The predicted molar refractivity (Wildman–Crippen MR) is 103 cm³/mol. The summed E-state index contributed by atoms with van der Waals surface area (Å²) in [4.78, 5) is 29.2. The van der Waals surface area contributed by atoms with E-state index in [-0.39, 0.29) is 18.1 Å². The van der Waals surface area contributed by atoms with E-state index in [1.165, 1.54) is 0 Å². The molecule has 0 atom stereocenters. The number of halogens is 1. The van der Waals surface area contributed by atoms with Crippen molar-refractivity contribution in [2.24, 2.45) is 0 Å². The SMILES string of the molecule is O=C(COc1ccc2nc3n(c(=O)c2c1)CCC3)Nc1cccc(Br)c1. The lowest BCUT2D eigenvalue weighted by molar-refractivity contribution is -0.118. The smallest absolute Gasteiger partial charge is 0.262 e. The molecule has 1 aromatic heterocycles. The van der Waals surface area contributed by atoms with Crippen LogP contribution in [-0.2, 0) is 17.8 Å². The first kappa shape index (κ1) is 16.8. The third kappa shape index (κ3) is 3.35. The Morgan fingerprint density at radius 2 is 2.15 bits per heavy atom. The number of ether oxygens (including phenoxy) is 1. The first-order valence-corrected chi connectivity index (χ1v) is 9.11. The van der Waals surface area contributed by atoms with Gasteiger partial charge in [0.2, 0.25) is 0 Å². The van der Waals surface area contributed by atoms with Crippen molar-refractivity contribution in [1.82, 2.24) is 9.55 Å². The molecule has 0 radical (unpaired) electrons. The number of hydrogen-bond donors (Lipinski definition) is 1. The highest BCUT2D eigenvalue weighted by Gasteiger charge is 2.16. The third-order valence-electron chi connectivity index (χ3n) is 4.27. The van der Waals surface area contributed by atoms with Crippen LogP contribution in [0.2, 0.25) is 0 Å². The van der Waals surface area contributed by atoms with Crippen LogP contribution in [0.3, 0.4) is 0 Å². The molecule has 2 aromatic carbocycles. The quantitative estimate of drug-likeness (QED) is 0.712. The fourth-order valence-electron chi connectivity index (χ4n) is 3.06. The van der Waals surface area contributed by atoms with Gasteiger partial charge in [0.05, 0.1) is 10.9 Å². The van der Waals surface area contributed by atoms with Crippen LogP contribution in [0.15, 0.2) is 51.7 Å². The molecule has 0 fully saturated rings. The maximum atomic E-state index is 12.6. The predicted octanol–water partition coefficient (Wildman–Crippen LogP) is 3.12. The number of nitrogens with zero attached hydrogens (tertiary/aromatic N) is 2. The van der Waals surface area contributed by atoms with Crippen molar-refractivity contribution in [3.05, 3.63) is 63.1 Å². The van der Waals surface area contributed by atoms with Crippen molar-refractivity contribution in [2.75, 3.05) is 11.9 Å². The number of anilines is 1. The molecule has 1 N–H and O–H groups in total. The van der Waals surface area contributed by atoms with E-state index in [9.17, 15) is 9.59 Å². The first-order valence-electron chi connectivity index (χ1n) is 8.32. The minimum Gasteiger partial charge on any atom is -0.484 e. The number of nitrogens with one attached hydrogen (secondary N) is 1. The highest BCUT2D eigenvalue weighted by atomic mass is 79.9.